The average Bonchev–Trinajstić information content (AvgIpc) is 3.56. The van der Waals surface area contributed by atoms with Gasteiger partial charge < -0.3 is 15.4 Å². The van der Waals surface area contributed by atoms with Crippen LogP contribution in [0.2, 0.25) is 0 Å². The highest BCUT2D eigenvalue weighted by Gasteiger charge is 2.62. The molecule has 8 nitrogen and oxygen atoms in total. The fraction of sp³-hybridized carbons (Fsp3) is 0.333. The summed E-state index contributed by atoms with van der Waals surface area (Å²) in [6.07, 6.45) is -4.12. The Morgan fingerprint density at radius 2 is 1.92 bits per heavy atom. The van der Waals surface area contributed by atoms with Gasteiger partial charge in [-0.25, -0.2) is 0 Å². The first-order chi connectivity index (χ1) is 18.0. The number of halogens is 3. The number of hydrogen-bond acceptors (Lipinski definition) is 5. The maximum Gasteiger partial charge on any atom is 0.394 e. The Morgan fingerprint density at radius 1 is 1.24 bits per heavy atom. The lowest BCUT2D eigenvalue weighted by Crippen LogP contribution is -2.47. The highest BCUT2D eigenvalue weighted by atomic mass is 19.4. The molecular formula is C27H24F3N5O3. The molecule has 2 N–H and O–H groups in total. The van der Waals surface area contributed by atoms with E-state index in [1.54, 1.807) is 36.4 Å². The van der Waals surface area contributed by atoms with Crippen molar-refractivity contribution in [3.05, 3.63) is 64.8 Å². The number of alkyl halides is 3. The van der Waals surface area contributed by atoms with Crippen molar-refractivity contribution in [3.63, 3.8) is 0 Å². The summed E-state index contributed by atoms with van der Waals surface area (Å²) in [7, 11) is 1.43. The van der Waals surface area contributed by atoms with Crippen LogP contribution in [0.25, 0.3) is 11.3 Å². The zero-order valence-corrected chi connectivity index (χ0v) is 20.7. The third kappa shape index (κ3) is 4.06. The van der Waals surface area contributed by atoms with Crippen molar-refractivity contribution in [2.24, 2.45) is 11.1 Å². The number of fused-ring (bicyclic) bond motifs is 1. The molecular weight excluding hydrogens is 499 g/mol. The number of primary amides is 1. The summed E-state index contributed by atoms with van der Waals surface area (Å²) in [6.45, 7) is 2.06. The summed E-state index contributed by atoms with van der Waals surface area (Å²) in [5, 5.41) is 14.0. The van der Waals surface area contributed by atoms with Gasteiger partial charge in [0, 0.05) is 11.3 Å². The third-order valence-corrected chi connectivity index (χ3v) is 7.30. The molecule has 2 heterocycles. The predicted molar refractivity (Wildman–Crippen MR) is 132 cm³/mol. The number of rotatable bonds is 6. The van der Waals surface area contributed by atoms with Crippen LogP contribution >= 0.6 is 0 Å². The molecule has 1 unspecified atom stereocenters. The van der Waals surface area contributed by atoms with Gasteiger partial charge in [-0.3, -0.25) is 14.3 Å². The van der Waals surface area contributed by atoms with Gasteiger partial charge in [0.15, 0.2) is 0 Å². The van der Waals surface area contributed by atoms with Gasteiger partial charge in [-0.1, -0.05) is 12.1 Å². The van der Waals surface area contributed by atoms with Crippen molar-refractivity contribution in [3.8, 4) is 23.1 Å². The number of aromatic nitrogens is 2. The van der Waals surface area contributed by atoms with Crippen LogP contribution in [0.15, 0.2) is 42.5 Å². The second-order valence-electron chi connectivity index (χ2n) is 9.79. The highest BCUT2D eigenvalue weighted by Crippen LogP contribution is 2.59. The Hall–Kier alpha value is -4.33. The molecule has 11 heteroatoms. The van der Waals surface area contributed by atoms with Crippen LogP contribution in [0.3, 0.4) is 0 Å². The number of hydrogen-bond donors (Lipinski definition) is 1. The molecule has 0 radical (unpaired) electrons. The fourth-order valence-electron chi connectivity index (χ4n) is 5.08. The van der Waals surface area contributed by atoms with Crippen LogP contribution in [0.1, 0.15) is 51.7 Å². The Morgan fingerprint density at radius 3 is 2.47 bits per heavy atom. The molecule has 2 amide bonds. The first kappa shape index (κ1) is 25.3. The quantitative estimate of drug-likeness (QED) is 0.512. The minimum absolute atomic E-state index is 0.0120. The van der Waals surface area contributed by atoms with Crippen LogP contribution in [0.4, 0.5) is 18.9 Å². The molecule has 196 valence electrons. The number of anilines is 1. The van der Waals surface area contributed by atoms with Crippen LogP contribution < -0.4 is 15.4 Å². The van der Waals surface area contributed by atoms with Gasteiger partial charge in [-0.05, 0) is 62.1 Å². The van der Waals surface area contributed by atoms with Crippen molar-refractivity contribution < 1.29 is 27.5 Å². The number of nitrogens with zero attached hydrogens (tertiary/aromatic N) is 4. The standard InChI is InChI=1S/C27H24F3N5O3/c1-15-14-34-23(21(24(32)36)22(33-34)17-5-8-20(38-2)18(11-17)13-31)25(37)35(15)19-6-3-16(4-7-19)12-26(9-10-26)27(28,29)30/h3-8,11,15H,9-10,12,14H2,1-2H3,(H2,32,36). The van der Waals surface area contributed by atoms with E-state index in [4.69, 9.17) is 10.5 Å². The van der Waals surface area contributed by atoms with E-state index in [0.717, 1.165) is 0 Å². The Kier molecular flexibility index (Phi) is 5.93. The molecule has 1 aliphatic heterocycles. The second kappa shape index (κ2) is 8.90. The topological polar surface area (TPSA) is 114 Å². The predicted octanol–water partition coefficient (Wildman–Crippen LogP) is 4.46. The molecule has 1 aromatic heterocycles. The number of amides is 2. The van der Waals surface area contributed by atoms with E-state index in [2.05, 4.69) is 5.10 Å². The molecule has 0 saturated heterocycles. The minimum Gasteiger partial charge on any atom is -0.495 e. The largest absolute Gasteiger partial charge is 0.495 e. The van der Waals surface area contributed by atoms with E-state index in [-0.39, 0.29) is 54.4 Å². The first-order valence-corrected chi connectivity index (χ1v) is 12.0. The lowest BCUT2D eigenvalue weighted by atomic mass is 9.95. The van der Waals surface area contributed by atoms with Crippen molar-refractivity contribution in [2.45, 2.75) is 44.9 Å². The number of nitrogens with two attached hydrogens (primary N) is 1. The summed E-state index contributed by atoms with van der Waals surface area (Å²) in [5.41, 5.74) is 5.84. The van der Waals surface area contributed by atoms with E-state index in [1.807, 2.05) is 13.0 Å². The van der Waals surface area contributed by atoms with E-state index in [0.29, 0.717) is 22.6 Å². The summed E-state index contributed by atoms with van der Waals surface area (Å²) >= 11 is 0. The van der Waals surface area contributed by atoms with Gasteiger partial charge in [0.1, 0.15) is 23.2 Å². The van der Waals surface area contributed by atoms with Gasteiger partial charge in [0.05, 0.1) is 36.2 Å². The normalized spacial score (nSPS) is 18.1. The van der Waals surface area contributed by atoms with Crippen LogP contribution in [0, 0.1) is 16.7 Å². The smallest absolute Gasteiger partial charge is 0.394 e. The molecule has 0 spiro atoms. The fourth-order valence-corrected chi connectivity index (χ4v) is 5.08. The molecule has 2 aliphatic rings. The van der Waals surface area contributed by atoms with Crippen molar-refractivity contribution >= 4 is 17.5 Å². The maximum absolute atomic E-state index is 13.7. The zero-order chi connectivity index (χ0) is 27.4. The summed E-state index contributed by atoms with van der Waals surface area (Å²) < 4.78 is 46.8. The van der Waals surface area contributed by atoms with E-state index in [9.17, 15) is 28.0 Å². The summed E-state index contributed by atoms with van der Waals surface area (Å²) in [5.74, 6) is -1.01. The molecule has 2 aromatic carbocycles. The van der Waals surface area contributed by atoms with Gasteiger partial charge >= 0.3 is 6.18 Å². The molecule has 0 bridgehead atoms. The minimum atomic E-state index is -4.25. The second-order valence-corrected chi connectivity index (χ2v) is 9.79. The number of carbonyl (C=O) groups excluding carboxylic acids is 2. The number of methoxy groups -OCH3 is 1. The van der Waals surface area contributed by atoms with Crippen molar-refractivity contribution in [1.82, 2.24) is 9.78 Å². The van der Waals surface area contributed by atoms with Gasteiger partial charge in [-0.2, -0.15) is 23.5 Å². The number of carbonyl (C=O) groups is 2. The lowest BCUT2D eigenvalue weighted by Gasteiger charge is -2.34. The summed E-state index contributed by atoms with van der Waals surface area (Å²) in [4.78, 5) is 27.8. The molecule has 1 atom stereocenters. The van der Waals surface area contributed by atoms with Crippen LogP contribution in [-0.2, 0) is 13.0 Å². The molecule has 5 rings (SSSR count). The van der Waals surface area contributed by atoms with E-state index < -0.39 is 23.4 Å². The zero-order valence-electron chi connectivity index (χ0n) is 20.7. The monoisotopic (exact) mass is 523 g/mol. The van der Waals surface area contributed by atoms with Gasteiger partial charge in [0.25, 0.3) is 11.8 Å². The molecule has 1 aliphatic carbocycles. The van der Waals surface area contributed by atoms with Crippen LogP contribution in [0.5, 0.6) is 5.75 Å². The highest BCUT2D eigenvalue weighted by molar-refractivity contribution is 6.15. The molecule has 1 saturated carbocycles. The van der Waals surface area contributed by atoms with E-state index in [1.165, 1.54) is 22.8 Å². The van der Waals surface area contributed by atoms with Gasteiger partial charge in [0.2, 0.25) is 0 Å². The molecule has 38 heavy (non-hydrogen) atoms. The Labute approximate surface area is 216 Å². The van der Waals surface area contributed by atoms with Crippen LogP contribution in [-0.4, -0.2) is 40.9 Å². The third-order valence-electron chi connectivity index (χ3n) is 7.30. The number of benzene rings is 2. The summed E-state index contributed by atoms with van der Waals surface area (Å²) in [6, 6.07) is 12.8. The van der Waals surface area contributed by atoms with E-state index >= 15 is 0 Å². The number of ether oxygens (including phenoxy) is 1. The van der Waals surface area contributed by atoms with Crippen molar-refractivity contribution in [2.75, 3.05) is 12.0 Å². The lowest BCUT2D eigenvalue weighted by molar-refractivity contribution is -0.186. The number of nitriles is 1. The molecule has 3 aromatic rings. The van der Waals surface area contributed by atoms with Crippen molar-refractivity contribution in [1.29, 1.82) is 5.26 Å². The Bertz CT molecular complexity index is 1480. The molecule has 1 fully saturated rings. The van der Waals surface area contributed by atoms with Gasteiger partial charge in [-0.15, -0.1) is 0 Å². The maximum atomic E-state index is 13.7. The average molecular weight is 524 g/mol. The first-order valence-electron chi connectivity index (χ1n) is 12.0. The SMILES string of the molecule is COc1ccc(-c2nn3c(c2C(N)=O)C(=O)N(c2ccc(CC4(C(F)(F)F)CC4)cc2)C(C)C3)cc1C#N. The Balaban J connectivity index is 1.50.